The summed E-state index contributed by atoms with van der Waals surface area (Å²) in [5, 5.41) is 2.64. The fourth-order valence-electron chi connectivity index (χ4n) is 3.32. The number of ether oxygens (including phenoxy) is 1. The van der Waals surface area contributed by atoms with E-state index in [0.29, 0.717) is 11.3 Å². The van der Waals surface area contributed by atoms with Gasteiger partial charge < -0.3 is 4.74 Å². The van der Waals surface area contributed by atoms with Gasteiger partial charge in [0.05, 0.1) is 17.7 Å². The molecule has 0 N–H and O–H groups in total. The largest absolute Gasteiger partial charge is 0.425 e. The second-order valence-corrected chi connectivity index (χ2v) is 7.38. The summed E-state index contributed by atoms with van der Waals surface area (Å²) in [5.41, 5.74) is 2.12. The van der Waals surface area contributed by atoms with Gasteiger partial charge in [-0.2, -0.15) is 0 Å². The summed E-state index contributed by atoms with van der Waals surface area (Å²) in [6, 6.07) is 12.3. The molecule has 3 aromatic rings. The number of fused-ring (bicyclic) bond motifs is 1. The molecule has 2 aromatic carbocycles. The molecule has 1 unspecified atom stereocenters. The number of carbonyl (C=O) groups is 2. The Morgan fingerprint density at radius 1 is 1.26 bits per heavy atom. The maximum atomic E-state index is 14.0. The van der Waals surface area contributed by atoms with Gasteiger partial charge >= 0.3 is 5.97 Å². The number of nitrogens with zero attached hydrogens (tertiary/aromatic N) is 1. The quantitative estimate of drug-likeness (QED) is 0.482. The Morgan fingerprint density at radius 2 is 2.04 bits per heavy atom. The summed E-state index contributed by atoms with van der Waals surface area (Å²) in [6.45, 7) is 1.79. The number of carbonyl (C=O) groups excluding carboxylic acids is 2. The van der Waals surface area contributed by atoms with Crippen molar-refractivity contribution in [1.29, 1.82) is 0 Å². The zero-order valence-corrected chi connectivity index (χ0v) is 15.4. The summed E-state index contributed by atoms with van der Waals surface area (Å²) in [6.07, 6.45) is 0.215. The van der Waals surface area contributed by atoms with Gasteiger partial charge in [-0.25, -0.2) is 9.37 Å². The van der Waals surface area contributed by atoms with Crippen molar-refractivity contribution in [1.82, 2.24) is 4.98 Å². The van der Waals surface area contributed by atoms with Crippen LogP contribution in [-0.2, 0) is 11.2 Å². The van der Waals surface area contributed by atoms with Gasteiger partial charge in [0.2, 0.25) is 0 Å². The van der Waals surface area contributed by atoms with E-state index in [4.69, 9.17) is 4.74 Å². The highest BCUT2D eigenvalue weighted by molar-refractivity contribution is 7.13. The van der Waals surface area contributed by atoms with E-state index < -0.39 is 11.8 Å². The Kier molecular flexibility index (Phi) is 4.58. The highest BCUT2D eigenvalue weighted by Gasteiger charge is 2.33. The SMILES string of the molecule is CC1CC(=O)c2c(OC(=O)Cc3csc(-c4ccccc4)n3)ccc(F)c21. The Hall–Kier alpha value is -2.86. The van der Waals surface area contributed by atoms with Crippen molar-refractivity contribution < 1.29 is 18.7 Å². The lowest BCUT2D eigenvalue weighted by atomic mass is 10.0. The van der Waals surface area contributed by atoms with Gasteiger partial charge in [-0.3, -0.25) is 9.59 Å². The Morgan fingerprint density at radius 3 is 2.81 bits per heavy atom. The molecule has 0 saturated heterocycles. The number of ketones is 1. The number of benzene rings is 2. The standard InChI is InChI=1S/C21H16FNO3S/c1-12-9-16(24)20-17(8-7-15(22)19(12)20)26-18(25)10-14-11-27-21(23-14)13-5-3-2-4-6-13/h2-8,11-12H,9-10H2,1H3. The molecule has 1 aliphatic rings. The van der Waals surface area contributed by atoms with Gasteiger partial charge in [-0.15, -0.1) is 11.3 Å². The molecule has 6 heteroatoms. The minimum Gasteiger partial charge on any atom is -0.425 e. The first-order chi connectivity index (χ1) is 13.0. The number of hydrogen-bond donors (Lipinski definition) is 0. The molecule has 1 aromatic heterocycles. The van der Waals surface area contributed by atoms with Crippen LogP contribution in [0.25, 0.3) is 10.6 Å². The molecule has 0 fully saturated rings. The average molecular weight is 381 g/mol. The fourth-order valence-corrected chi connectivity index (χ4v) is 4.14. The van der Waals surface area contributed by atoms with Crippen molar-refractivity contribution in [3.63, 3.8) is 0 Å². The molecular weight excluding hydrogens is 365 g/mol. The summed E-state index contributed by atoms with van der Waals surface area (Å²) >= 11 is 1.45. The number of Topliss-reactive ketones (excluding diaryl/α,β-unsaturated/α-hetero) is 1. The van der Waals surface area contributed by atoms with Crippen LogP contribution in [-0.4, -0.2) is 16.7 Å². The van der Waals surface area contributed by atoms with Crippen LogP contribution in [0.2, 0.25) is 0 Å². The molecule has 0 bridgehead atoms. The molecule has 0 saturated carbocycles. The van der Waals surface area contributed by atoms with E-state index >= 15 is 0 Å². The smallest absolute Gasteiger partial charge is 0.317 e. The topological polar surface area (TPSA) is 56.3 Å². The Labute approximate surface area is 159 Å². The second kappa shape index (κ2) is 7.04. The van der Waals surface area contributed by atoms with Gasteiger partial charge in [-0.1, -0.05) is 37.3 Å². The maximum absolute atomic E-state index is 14.0. The summed E-state index contributed by atoms with van der Waals surface area (Å²) < 4.78 is 19.4. The first-order valence-electron chi connectivity index (χ1n) is 8.59. The van der Waals surface area contributed by atoms with Crippen LogP contribution in [0.1, 0.15) is 40.9 Å². The van der Waals surface area contributed by atoms with Crippen LogP contribution in [0.5, 0.6) is 5.75 Å². The van der Waals surface area contributed by atoms with Crippen LogP contribution >= 0.6 is 11.3 Å². The van der Waals surface area contributed by atoms with Crippen molar-refractivity contribution in [2.75, 3.05) is 0 Å². The minimum atomic E-state index is -0.527. The van der Waals surface area contributed by atoms with E-state index in [-0.39, 0.29) is 35.9 Å². The Balaban J connectivity index is 1.52. The zero-order chi connectivity index (χ0) is 19.0. The number of rotatable bonds is 4. The molecule has 1 aliphatic carbocycles. The fraction of sp³-hybridized carbons (Fsp3) is 0.190. The highest BCUT2D eigenvalue weighted by Crippen LogP contribution is 2.39. The summed E-state index contributed by atoms with van der Waals surface area (Å²) in [7, 11) is 0. The predicted octanol–water partition coefficient (Wildman–Crippen LogP) is 4.79. The van der Waals surface area contributed by atoms with Gasteiger partial charge in [0, 0.05) is 22.9 Å². The summed E-state index contributed by atoms with van der Waals surface area (Å²) in [5.74, 6) is -1.24. The molecule has 136 valence electrons. The van der Waals surface area contributed by atoms with Crippen molar-refractivity contribution in [2.24, 2.45) is 0 Å². The van der Waals surface area contributed by atoms with E-state index in [0.717, 1.165) is 10.6 Å². The normalized spacial score (nSPS) is 15.6. The molecule has 0 amide bonds. The Bertz CT molecular complexity index is 1030. The van der Waals surface area contributed by atoms with Crippen molar-refractivity contribution >= 4 is 23.1 Å². The molecule has 4 rings (SSSR count). The second-order valence-electron chi connectivity index (χ2n) is 6.52. The molecule has 0 spiro atoms. The number of halogens is 1. The van der Waals surface area contributed by atoms with Crippen LogP contribution < -0.4 is 4.74 Å². The third kappa shape index (κ3) is 3.40. The molecule has 27 heavy (non-hydrogen) atoms. The van der Waals surface area contributed by atoms with E-state index in [1.54, 1.807) is 6.92 Å². The lowest BCUT2D eigenvalue weighted by Gasteiger charge is -2.10. The third-order valence-corrected chi connectivity index (χ3v) is 5.48. The van der Waals surface area contributed by atoms with Crippen LogP contribution in [0.15, 0.2) is 47.8 Å². The predicted molar refractivity (Wildman–Crippen MR) is 101 cm³/mol. The first kappa shape index (κ1) is 17.5. The third-order valence-electron chi connectivity index (χ3n) is 4.54. The van der Waals surface area contributed by atoms with Gasteiger partial charge in [0.15, 0.2) is 5.78 Å². The van der Waals surface area contributed by atoms with Crippen molar-refractivity contribution in [3.05, 3.63) is 70.5 Å². The van der Waals surface area contributed by atoms with E-state index in [1.165, 1.54) is 23.5 Å². The maximum Gasteiger partial charge on any atom is 0.317 e. The van der Waals surface area contributed by atoms with Crippen LogP contribution in [0.3, 0.4) is 0 Å². The van der Waals surface area contributed by atoms with Crippen LogP contribution in [0, 0.1) is 5.82 Å². The van der Waals surface area contributed by atoms with Crippen molar-refractivity contribution in [3.8, 4) is 16.3 Å². The molecule has 1 heterocycles. The van der Waals surface area contributed by atoms with Gasteiger partial charge in [0.25, 0.3) is 0 Å². The number of thiazole rings is 1. The molecular formula is C21H16FNO3S. The lowest BCUT2D eigenvalue weighted by Crippen LogP contribution is -2.13. The number of hydrogen-bond acceptors (Lipinski definition) is 5. The van der Waals surface area contributed by atoms with Gasteiger partial charge in [-0.05, 0) is 18.1 Å². The first-order valence-corrected chi connectivity index (χ1v) is 9.47. The number of esters is 1. The summed E-state index contributed by atoms with van der Waals surface area (Å²) in [4.78, 5) is 29.0. The van der Waals surface area contributed by atoms with Gasteiger partial charge in [0.1, 0.15) is 16.6 Å². The van der Waals surface area contributed by atoms with Crippen LogP contribution in [0.4, 0.5) is 4.39 Å². The zero-order valence-electron chi connectivity index (χ0n) is 14.6. The minimum absolute atomic E-state index is 0.0147. The monoisotopic (exact) mass is 381 g/mol. The molecule has 0 aliphatic heterocycles. The highest BCUT2D eigenvalue weighted by atomic mass is 32.1. The molecule has 0 radical (unpaired) electrons. The molecule has 1 atom stereocenters. The van der Waals surface area contributed by atoms with Crippen molar-refractivity contribution in [2.45, 2.75) is 25.7 Å². The average Bonchev–Trinajstić information content (AvgIpc) is 3.23. The van der Waals surface area contributed by atoms with E-state index in [1.807, 2.05) is 35.7 Å². The lowest BCUT2D eigenvalue weighted by molar-refractivity contribution is -0.133. The van der Waals surface area contributed by atoms with E-state index in [2.05, 4.69) is 4.98 Å². The number of aromatic nitrogens is 1. The molecule has 4 nitrogen and oxygen atoms in total. The van der Waals surface area contributed by atoms with E-state index in [9.17, 15) is 14.0 Å².